The number of aliphatic carboxylic acids is 1. The quantitative estimate of drug-likeness (QED) is 0.820. The van der Waals surface area contributed by atoms with Gasteiger partial charge in [0.05, 0.1) is 0 Å². The van der Waals surface area contributed by atoms with Crippen LogP contribution in [0.1, 0.15) is 16.1 Å². The van der Waals surface area contributed by atoms with E-state index in [0.717, 1.165) is 12.0 Å². The summed E-state index contributed by atoms with van der Waals surface area (Å²) < 4.78 is 1.22. The molecular weight excluding hydrogens is 258 g/mol. The van der Waals surface area contributed by atoms with E-state index in [9.17, 15) is 9.59 Å². The van der Waals surface area contributed by atoms with Crippen LogP contribution in [0.4, 0.5) is 0 Å². The lowest BCUT2D eigenvalue weighted by atomic mass is 10.1. The first kappa shape index (κ1) is 13.8. The predicted molar refractivity (Wildman–Crippen MR) is 72.3 cm³/mol. The van der Waals surface area contributed by atoms with E-state index < -0.39 is 5.97 Å². The summed E-state index contributed by atoms with van der Waals surface area (Å²) in [5, 5.41) is 15.3. The van der Waals surface area contributed by atoms with Crippen LogP contribution in [-0.4, -0.2) is 33.3 Å². The summed E-state index contributed by atoms with van der Waals surface area (Å²) in [6.45, 7) is 0.256. The van der Waals surface area contributed by atoms with Gasteiger partial charge in [0, 0.05) is 12.7 Å². The number of carboxylic acids is 1. The monoisotopic (exact) mass is 273 g/mol. The fraction of sp³-hybridized carbons (Fsp3) is 0.214. The van der Waals surface area contributed by atoms with Crippen molar-refractivity contribution in [2.45, 2.75) is 13.0 Å². The number of amides is 1. The maximum Gasteiger partial charge on any atom is 0.325 e. The van der Waals surface area contributed by atoms with E-state index >= 15 is 0 Å². The number of nitrogens with one attached hydrogen (secondary N) is 1. The van der Waals surface area contributed by atoms with Gasteiger partial charge in [-0.15, -0.1) is 0 Å². The molecule has 0 aliphatic carbocycles. The number of nitrogens with zero attached hydrogens (tertiary/aromatic N) is 2. The van der Waals surface area contributed by atoms with Crippen molar-refractivity contribution in [3.63, 3.8) is 0 Å². The molecule has 2 aromatic rings. The Bertz CT molecular complexity index is 593. The third kappa shape index (κ3) is 3.94. The fourth-order valence-corrected chi connectivity index (χ4v) is 1.77. The number of rotatable bonds is 6. The number of carbonyl (C=O) groups excluding carboxylic acids is 1. The van der Waals surface area contributed by atoms with Crippen LogP contribution in [0.3, 0.4) is 0 Å². The van der Waals surface area contributed by atoms with Crippen LogP contribution >= 0.6 is 0 Å². The van der Waals surface area contributed by atoms with Crippen molar-refractivity contribution >= 4 is 11.9 Å². The molecule has 0 unspecified atom stereocenters. The maximum absolute atomic E-state index is 11.8. The van der Waals surface area contributed by atoms with Crippen molar-refractivity contribution in [3.8, 4) is 0 Å². The third-order valence-electron chi connectivity index (χ3n) is 2.71. The standard InChI is InChI=1S/C14H15N3O3/c18-13(19)10-17-9-7-12(16-17)14(20)15-8-6-11-4-2-1-3-5-11/h1-5,7,9H,6,8,10H2,(H,15,20)(H,18,19). The average Bonchev–Trinajstić information content (AvgIpc) is 2.87. The second-order valence-electron chi connectivity index (χ2n) is 4.28. The van der Waals surface area contributed by atoms with Crippen LogP contribution in [0.25, 0.3) is 0 Å². The lowest BCUT2D eigenvalue weighted by molar-refractivity contribution is -0.137. The summed E-state index contributed by atoms with van der Waals surface area (Å²) in [7, 11) is 0. The molecule has 0 radical (unpaired) electrons. The van der Waals surface area contributed by atoms with Gasteiger partial charge in [0.1, 0.15) is 12.2 Å². The molecule has 0 saturated carbocycles. The Morgan fingerprint density at radius 3 is 2.65 bits per heavy atom. The molecule has 1 aromatic heterocycles. The molecule has 0 aliphatic rings. The molecular formula is C14H15N3O3. The van der Waals surface area contributed by atoms with Crippen LogP contribution in [0.2, 0.25) is 0 Å². The van der Waals surface area contributed by atoms with Crippen molar-refractivity contribution in [2.24, 2.45) is 0 Å². The molecule has 6 nitrogen and oxygen atoms in total. The van der Waals surface area contributed by atoms with E-state index in [-0.39, 0.29) is 18.1 Å². The lowest BCUT2D eigenvalue weighted by Gasteiger charge is -2.03. The largest absolute Gasteiger partial charge is 0.480 e. The molecule has 0 fully saturated rings. The van der Waals surface area contributed by atoms with E-state index in [1.165, 1.54) is 16.9 Å². The number of aromatic nitrogens is 2. The zero-order chi connectivity index (χ0) is 14.4. The topological polar surface area (TPSA) is 84.2 Å². The molecule has 20 heavy (non-hydrogen) atoms. The number of carbonyl (C=O) groups is 2. The molecule has 1 aromatic carbocycles. The second-order valence-corrected chi connectivity index (χ2v) is 4.28. The van der Waals surface area contributed by atoms with Crippen molar-refractivity contribution in [3.05, 3.63) is 53.9 Å². The molecule has 1 heterocycles. The minimum atomic E-state index is -0.996. The van der Waals surface area contributed by atoms with Gasteiger partial charge in [-0.1, -0.05) is 30.3 Å². The van der Waals surface area contributed by atoms with Gasteiger partial charge in [-0.3, -0.25) is 14.3 Å². The number of carboxylic acid groups (broad SMARTS) is 1. The summed E-state index contributed by atoms with van der Waals surface area (Å²) in [6.07, 6.45) is 2.21. The minimum absolute atomic E-state index is 0.222. The fourth-order valence-electron chi connectivity index (χ4n) is 1.77. The molecule has 0 aliphatic heterocycles. The van der Waals surface area contributed by atoms with Crippen molar-refractivity contribution < 1.29 is 14.7 Å². The molecule has 2 N–H and O–H groups in total. The SMILES string of the molecule is O=C(O)Cn1ccc(C(=O)NCCc2ccccc2)n1. The Hall–Kier alpha value is -2.63. The van der Waals surface area contributed by atoms with Gasteiger partial charge in [-0.05, 0) is 18.1 Å². The van der Waals surface area contributed by atoms with E-state index in [2.05, 4.69) is 10.4 Å². The smallest absolute Gasteiger partial charge is 0.325 e. The van der Waals surface area contributed by atoms with Gasteiger partial charge < -0.3 is 10.4 Å². The van der Waals surface area contributed by atoms with Crippen molar-refractivity contribution in [1.82, 2.24) is 15.1 Å². The molecule has 0 bridgehead atoms. The van der Waals surface area contributed by atoms with E-state index in [1.807, 2.05) is 30.3 Å². The predicted octanol–water partition coefficient (Wildman–Crippen LogP) is 0.940. The Morgan fingerprint density at radius 1 is 1.20 bits per heavy atom. The summed E-state index contributed by atoms with van der Waals surface area (Å²) in [6, 6.07) is 11.3. The highest BCUT2D eigenvalue weighted by molar-refractivity contribution is 5.92. The Balaban J connectivity index is 1.83. The van der Waals surface area contributed by atoms with Crippen LogP contribution in [0.15, 0.2) is 42.6 Å². The van der Waals surface area contributed by atoms with Gasteiger partial charge in [0.15, 0.2) is 0 Å². The summed E-state index contributed by atoms with van der Waals surface area (Å²) in [5.74, 6) is -1.30. The van der Waals surface area contributed by atoms with Crippen LogP contribution in [-0.2, 0) is 17.8 Å². The molecule has 6 heteroatoms. The van der Waals surface area contributed by atoms with Gasteiger partial charge in [0.2, 0.25) is 0 Å². The minimum Gasteiger partial charge on any atom is -0.480 e. The maximum atomic E-state index is 11.8. The van der Waals surface area contributed by atoms with Gasteiger partial charge in [-0.25, -0.2) is 0 Å². The first-order valence-corrected chi connectivity index (χ1v) is 6.22. The van der Waals surface area contributed by atoms with E-state index in [1.54, 1.807) is 0 Å². The Labute approximate surface area is 116 Å². The lowest BCUT2D eigenvalue weighted by Crippen LogP contribution is -2.26. The molecule has 0 saturated heterocycles. The first-order chi connectivity index (χ1) is 9.65. The van der Waals surface area contributed by atoms with Gasteiger partial charge in [-0.2, -0.15) is 5.10 Å². The highest BCUT2D eigenvalue weighted by Crippen LogP contribution is 1.99. The highest BCUT2D eigenvalue weighted by atomic mass is 16.4. The zero-order valence-corrected chi connectivity index (χ0v) is 10.8. The second kappa shape index (κ2) is 6.51. The summed E-state index contributed by atoms with van der Waals surface area (Å²) in [5.41, 5.74) is 1.36. The van der Waals surface area contributed by atoms with Crippen LogP contribution in [0.5, 0.6) is 0 Å². The summed E-state index contributed by atoms with van der Waals surface area (Å²) in [4.78, 5) is 22.3. The molecule has 1 amide bonds. The third-order valence-corrected chi connectivity index (χ3v) is 2.71. The van der Waals surface area contributed by atoms with Crippen molar-refractivity contribution in [1.29, 1.82) is 0 Å². The summed E-state index contributed by atoms with van der Waals surface area (Å²) >= 11 is 0. The van der Waals surface area contributed by atoms with Gasteiger partial charge in [0.25, 0.3) is 5.91 Å². The number of hydrogen-bond donors (Lipinski definition) is 2. The van der Waals surface area contributed by atoms with Crippen molar-refractivity contribution in [2.75, 3.05) is 6.54 Å². The molecule has 0 atom stereocenters. The molecule has 104 valence electrons. The Morgan fingerprint density at radius 2 is 1.95 bits per heavy atom. The van der Waals surface area contributed by atoms with E-state index in [0.29, 0.717) is 6.54 Å². The normalized spacial score (nSPS) is 10.2. The highest BCUT2D eigenvalue weighted by Gasteiger charge is 2.09. The van der Waals surface area contributed by atoms with Gasteiger partial charge >= 0.3 is 5.97 Å². The average molecular weight is 273 g/mol. The van der Waals surface area contributed by atoms with E-state index in [4.69, 9.17) is 5.11 Å². The Kier molecular flexibility index (Phi) is 4.49. The molecule has 0 spiro atoms. The van der Waals surface area contributed by atoms with Crippen LogP contribution < -0.4 is 5.32 Å². The molecule has 2 rings (SSSR count). The van der Waals surface area contributed by atoms with Crippen LogP contribution in [0, 0.1) is 0 Å². The zero-order valence-electron chi connectivity index (χ0n) is 10.8. The first-order valence-electron chi connectivity index (χ1n) is 6.22. The number of hydrogen-bond acceptors (Lipinski definition) is 3. The number of benzene rings is 1.